The van der Waals surface area contributed by atoms with Crippen molar-refractivity contribution in [3.05, 3.63) is 182 Å². The van der Waals surface area contributed by atoms with E-state index in [1.54, 1.807) is 0 Å². The highest BCUT2D eigenvalue weighted by Crippen LogP contribution is 2.42. The Hall–Kier alpha value is -7.44. The zero-order valence-corrected chi connectivity index (χ0v) is 29.0. The van der Waals surface area contributed by atoms with Gasteiger partial charge in [-0.2, -0.15) is 5.10 Å². The van der Waals surface area contributed by atoms with E-state index in [0.29, 0.717) is 17.5 Å². The fraction of sp³-hybridized carbons (Fsp3) is 0. The predicted octanol–water partition coefficient (Wildman–Crippen LogP) is 11.6. The van der Waals surface area contributed by atoms with Crippen LogP contribution < -0.4 is 0 Å². The lowest BCUT2D eigenvalue weighted by atomic mass is 9.99. The quantitative estimate of drug-likeness (QED) is 0.169. The van der Waals surface area contributed by atoms with Crippen LogP contribution in [-0.2, 0) is 0 Å². The first-order chi connectivity index (χ1) is 26.8. The van der Waals surface area contributed by atoms with Crippen molar-refractivity contribution in [2.45, 2.75) is 0 Å². The van der Waals surface area contributed by atoms with Crippen molar-refractivity contribution in [1.29, 1.82) is 0 Å². The molecular weight excluding hydrogens is 661 g/mol. The molecule has 11 rings (SSSR count). The average Bonchev–Trinajstić information content (AvgIpc) is 3.83. The van der Waals surface area contributed by atoms with Gasteiger partial charge >= 0.3 is 0 Å². The lowest BCUT2D eigenvalue weighted by molar-refractivity contribution is 0.911. The second-order valence-electron chi connectivity index (χ2n) is 13.6. The van der Waals surface area contributed by atoms with Crippen LogP contribution in [0.1, 0.15) is 0 Å². The topological polar surface area (TPSA) is 61.4 Å². The number of rotatable bonds is 5. The molecule has 0 fully saturated rings. The number of para-hydroxylation sites is 2. The van der Waals surface area contributed by atoms with Crippen molar-refractivity contribution >= 4 is 54.3 Å². The molecule has 0 spiro atoms. The third kappa shape index (κ3) is 4.74. The molecule has 0 aliphatic carbocycles. The highest BCUT2D eigenvalue weighted by atomic mass is 15.3. The van der Waals surface area contributed by atoms with Gasteiger partial charge in [-0.25, -0.2) is 19.6 Å². The first kappa shape index (κ1) is 30.2. The summed E-state index contributed by atoms with van der Waals surface area (Å²) in [6.45, 7) is 0. The van der Waals surface area contributed by atoms with Crippen molar-refractivity contribution < 1.29 is 0 Å². The zero-order chi connectivity index (χ0) is 35.6. The lowest BCUT2D eigenvalue weighted by Gasteiger charge is -2.15. The molecule has 0 saturated heterocycles. The molecule has 0 N–H and O–H groups in total. The lowest BCUT2D eigenvalue weighted by Crippen LogP contribution is -2.03. The summed E-state index contributed by atoms with van der Waals surface area (Å²) in [4.78, 5) is 15.3. The molecule has 0 aliphatic rings. The van der Waals surface area contributed by atoms with Gasteiger partial charge in [0.05, 0.1) is 34.1 Å². The Labute approximate surface area is 310 Å². The van der Waals surface area contributed by atoms with Crippen LogP contribution in [0.3, 0.4) is 0 Å². The Morgan fingerprint density at radius 1 is 0.389 bits per heavy atom. The van der Waals surface area contributed by atoms with Crippen LogP contribution in [0.2, 0.25) is 0 Å². The van der Waals surface area contributed by atoms with Gasteiger partial charge in [0.2, 0.25) is 0 Å². The van der Waals surface area contributed by atoms with Crippen LogP contribution in [-0.4, -0.2) is 29.3 Å². The zero-order valence-electron chi connectivity index (χ0n) is 29.0. The molecule has 0 atom stereocenters. The van der Waals surface area contributed by atoms with E-state index >= 15 is 0 Å². The number of nitrogens with zero attached hydrogens (tertiary/aromatic N) is 6. The molecule has 3 aromatic heterocycles. The van der Waals surface area contributed by atoms with Crippen LogP contribution in [0.5, 0.6) is 0 Å². The number of hydrogen-bond acceptors (Lipinski definition) is 4. The van der Waals surface area contributed by atoms with Crippen molar-refractivity contribution in [2.24, 2.45) is 0 Å². The van der Waals surface area contributed by atoms with E-state index in [2.05, 4.69) is 102 Å². The molecule has 54 heavy (non-hydrogen) atoms. The Kier molecular flexibility index (Phi) is 6.75. The minimum atomic E-state index is 0.609. The largest absolute Gasteiger partial charge is 0.308 e. The average molecular weight is 691 g/mol. The molecule has 8 aromatic carbocycles. The summed E-state index contributed by atoms with van der Waals surface area (Å²) < 4.78 is 4.41. The predicted molar refractivity (Wildman–Crippen MR) is 220 cm³/mol. The van der Waals surface area contributed by atoms with Crippen LogP contribution >= 0.6 is 0 Å². The fourth-order valence-electron chi connectivity index (χ4n) is 7.94. The van der Waals surface area contributed by atoms with E-state index in [-0.39, 0.29) is 0 Å². The summed E-state index contributed by atoms with van der Waals surface area (Å²) in [6.07, 6.45) is 2.01. The molecule has 0 aliphatic heterocycles. The van der Waals surface area contributed by atoms with Crippen LogP contribution in [0, 0.1) is 0 Å². The summed E-state index contributed by atoms with van der Waals surface area (Å²) in [5.74, 6) is 1.87. The van der Waals surface area contributed by atoms with E-state index < -0.39 is 0 Å². The van der Waals surface area contributed by atoms with Crippen LogP contribution in [0.25, 0.3) is 99.8 Å². The van der Waals surface area contributed by atoms with Gasteiger partial charge in [0.15, 0.2) is 17.5 Å². The van der Waals surface area contributed by atoms with E-state index in [9.17, 15) is 0 Å². The normalized spacial score (nSPS) is 11.7. The standard InChI is InChI=1S/C48H30N6/c1-4-15-32(16-5-1)46-50-47(33-17-6-2-7-18-33)52-48(51-46)37-22-12-13-23-41(37)53-43-27-26-42-40(30-49-54(42)35-19-8-3-9-20-35)45(43)39-28-34-25-24-31-14-10-11-21-36(31)38(34)29-44(39)53/h1-30H. The number of benzene rings is 8. The van der Waals surface area contributed by atoms with Crippen molar-refractivity contribution in [2.75, 3.05) is 0 Å². The third-order valence-corrected chi connectivity index (χ3v) is 10.4. The number of aromatic nitrogens is 6. The van der Waals surface area contributed by atoms with E-state index in [0.717, 1.165) is 60.8 Å². The minimum absolute atomic E-state index is 0.609. The van der Waals surface area contributed by atoms with Crippen molar-refractivity contribution in [3.63, 3.8) is 0 Å². The highest BCUT2D eigenvalue weighted by molar-refractivity contribution is 6.24. The maximum Gasteiger partial charge on any atom is 0.166 e. The fourth-order valence-corrected chi connectivity index (χ4v) is 7.94. The van der Waals surface area contributed by atoms with Crippen molar-refractivity contribution in [1.82, 2.24) is 29.3 Å². The molecular formula is C48H30N6. The van der Waals surface area contributed by atoms with Crippen LogP contribution in [0.4, 0.5) is 0 Å². The van der Waals surface area contributed by atoms with Gasteiger partial charge in [-0.05, 0) is 70.1 Å². The second-order valence-corrected chi connectivity index (χ2v) is 13.6. The maximum absolute atomic E-state index is 5.16. The summed E-state index contributed by atoms with van der Waals surface area (Å²) in [5.41, 5.74) is 8.02. The van der Waals surface area contributed by atoms with Gasteiger partial charge in [-0.15, -0.1) is 0 Å². The molecule has 3 heterocycles. The molecule has 0 amide bonds. The molecule has 252 valence electrons. The summed E-state index contributed by atoms with van der Waals surface area (Å²) in [6, 6.07) is 61.2. The molecule has 6 nitrogen and oxygen atoms in total. The maximum atomic E-state index is 5.16. The van der Waals surface area contributed by atoms with Gasteiger partial charge in [-0.1, -0.05) is 127 Å². The molecule has 11 aromatic rings. The smallest absolute Gasteiger partial charge is 0.166 e. The van der Waals surface area contributed by atoms with E-state index in [1.807, 2.05) is 89.7 Å². The van der Waals surface area contributed by atoms with Gasteiger partial charge < -0.3 is 4.57 Å². The van der Waals surface area contributed by atoms with Crippen LogP contribution in [0.15, 0.2) is 182 Å². The highest BCUT2D eigenvalue weighted by Gasteiger charge is 2.22. The van der Waals surface area contributed by atoms with Gasteiger partial charge in [-0.3, -0.25) is 0 Å². The molecule has 6 heteroatoms. The van der Waals surface area contributed by atoms with Gasteiger partial charge in [0, 0.05) is 32.8 Å². The summed E-state index contributed by atoms with van der Waals surface area (Å²) in [7, 11) is 0. The molecule has 0 bridgehead atoms. The van der Waals surface area contributed by atoms with E-state index in [4.69, 9.17) is 20.1 Å². The van der Waals surface area contributed by atoms with Gasteiger partial charge in [0.25, 0.3) is 0 Å². The summed E-state index contributed by atoms with van der Waals surface area (Å²) >= 11 is 0. The first-order valence-corrected chi connectivity index (χ1v) is 18.1. The third-order valence-electron chi connectivity index (χ3n) is 10.4. The molecule has 0 saturated carbocycles. The number of fused-ring (bicyclic) bond motifs is 8. The molecule has 0 radical (unpaired) electrons. The Bertz CT molecular complexity index is 3140. The Balaban J connectivity index is 1.24. The van der Waals surface area contributed by atoms with Gasteiger partial charge in [0.1, 0.15) is 0 Å². The molecule has 0 unspecified atom stereocenters. The van der Waals surface area contributed by atoms with E-state index in [1.165, 1.54) is 21.5 Å². The second kappa shape index (κ2) is 12.1. The minimum Gasteiger partial charge on any atom is -0.308 e. The summed E-state index contributed by atoms with van der Waals surface area (Å²) in [5, 5.41) is 13.2. The monoisotopic (exact) mass is 690 g/mol. The number of hydrogen-bond donors (Lipinski definition) is 0. The van der Waals surface area contributed by atoms with Crippen molar-refractivity contribution in [3.8, 4) is 45.5 Å². The Morgan fingerprint density at radius 3 is 1.76 bits per heavy atom. The first-order valence-electron chi connectivity index (χ1n) is 18.1. The Morgan fingerprint density at radius 2 is 1.00 bits per heavy atom. The SMILES string of the molecule is c1ccc(-c2nc(-c3ccccc3)nc(-c3ccccc3-n3c4cc5c(ccc6ccccc65)cc4c4c5cnn(-c6ccccc6)c5ccc43)n2)cc1.